The third-order valence-electron chi connectivity index (χ3n) is 5.45. The Kier molecular flexibility index (Phi) is 4.17. The Bertz CT molecular complexity index is 1120. The molecule has 4 heteroatoms. The summed E-state index contributed by atoms with van der Waals surface area (Å²) in [4.78, 5) is 20.1. The highest BCUT2D eigenvalue weighted by molar-refractivity contribution is 5.84. The number of aromatic nitrogens is 2. The molecule has 1 aromatic heterocycles. The fourth-order valence-corrected chi connectivity index (χ4v) is 4.09. The van der Waals surface area contributed by atoms with Gasteiger partial charge < -0.3 is 9.47 Å². The summed E-state index contributed by atoms with van der Waals surface area (Å²) in [5.74, 6) is 1.08. The molecule has 0 saturated heterocycles. The molecular weight excluding hydrogens is 346 g/mol. The summed E-state index contributed by atoms with van der Waals surface area (Å²) in [5.41, 5.74) is 4.30. The number of amides is 1. The number of benzene rings is 3. The third kappa shape index (κ3) is 2.87. The Labute approximate surface area is 164 Å². The summed E-state index contributed by atoms with van der Waals surface area (Å²) >= 11 is 0. The molecule has 1 aliphatic rings. The van der Waals surface area contributed by atoms with Gasteiger partial charge in [-0.15, -0.1) is 0 Å². The molecule has 0 N–H and O–H groups in total. The van der Waals surface area contributed by atoms with Crippen LogP contribution in [-0.2, 0) is 17.8 Å². The van der Waals surface area contributed by atoms with Crippen LogP contribution in [0, 0.1) is 0 Å². The zero-order valence-electron chi connectivity index (χ0n) is 15.5. The van der Waals surface area contributed by atoms with Crippen LogP contribution in [0.1, 0.15) is 23.0 Å². The van der Waals surface area contributed by atoms with Gasteiger partial charge in [0, 0.05) is 6.54 Å². The van der Waals surface area contributed by atoms with E-state index in [1.54, 1.807) is 0 Å². The number of rotatable bonds is 4. The second kappa shape index (κ2) is 6.97. The number of hydrogen-bond acceptors (Lipinski definition) is 2. The molecule has 0 spiro atoms. The van der Waals surface area contributed by atoms with Crippen molar-refractivity contribution in [1.29, 1.82) is 0 Å². The zero-order chi connectivity index (χ0) is 18.9. The minimum absolute atomic E-state index is 0.139. The topological polar surface area (TPSA) is 38.1 Å². The first-order valence-corrected chi connectivity index (χ1v) is 9.65. The van der Waals surface area contributed by atoms with Gasteiger partial charge in [0.25, 0.3) is 0 Å². The molecule has 3 aromatic carbocycles. The smallest absolute Gasteiger partial charge is 0.243 e. The Morgan fingerprint density at radius 3 is 2.32 bits per heavy atom. The van der Waals surface area contributed by atoms with E-state index in [-0.39, 0.29) is 11.9 Å². The van der Waals surface area contributed by atoms with Crippen molar-refractivity contribution in [2.24, 2.45) is 0 Å². The third-order valence-corrected chi connectivity index (χ3v) is 5.45. The van der Waals surface area contributed by atoms with Crippen molar-refractivity contribution >= 4 is 16.9 Å². The molecule has 0 fully saturated rings. The van der Waals surface area contributed by atoms with E-state index in [9.17, 15) is 4.79 Å². The predicted molar refractivity (Wildman–Crippen MR) is 110 cm³/mol. The maximum atomic E-state index is 13.2. The average molecular weight is 367 g/mol. The normalized spacial score (nSPS) is 16.4. The van der Waals surface area contributed by atoms with Crippen molar-refractivity contribution in [3.05, 3.63) is 102 Å². The number of carbonyl (C=O) groups is 1. The monoisotopic (exact) mass is 367 g/mol. The zero-order valence-corrected chi connectivity index (χ0v) is 15.5. The second-order valence-electron chi connectivity index (χ2n) is 7.18. The van der Waals surface area contributed by atoms with E-state index in [2.05, 4.69) is 28.8 Å². The van der Waals surface area contributed by atoms with Crippen LogP contribution in [0.3, 0.4) is 0 Å². The van der Waals surface area contributed by atoms with Gasteiger partial charge in [0.15, 0.2) is 0 Å². The van der Waals surface area contributed by atoms with Crippen molar-refractivity contribution in [1.82, 2.24) is 14.5 Å². The Morgan fingerprint density at radius 2 is 1.54 bits per heavy atom. The van der Waals surface area contributed by atoms with Crippen molar-refractivity contribution in [3.63, 3.8) is 0 Å². The largest absolute Gasteiger partial charge is 0.326 e. The minimum atomic E-state index is -0.168. The van der Waals surface area contributed by atoms with Crippen molar-refractivity contribution in [2.75, 3.05) is 6.54 Å². The van der Waals surface area contributed by atoms with E-state index in [4.69, 9.17) is 4.98 Å². The number of hydrogen-bond donors (Lipinski definition) is 0. The van der Waals surface area contributed by atoms with Crippen LogP contribution in [0.25, 0.3) is 11.0 Å². The molecule has 5 rings (SSSR count). The van der Waals surface area contributed by atoms with Gasteiger partial charge in [-0.25, -0.2) is 4.98 Å². The number of nitrogens with zero attached hydrogens (tertiary/aromatic N) is 3. The molecule has 1 aliphatic heterocycles. The summed E-state index contributed by atoms with van der Waals surface area (Å²) in [7, 11) is 0. The van der Waals surface area contributed by atoms with Crippen LogP contribution in [0.5, 0.6) is 0 Å². The minimum Gasteiger partial charge on any atom is -0.326 e. The van der Waals surface area contributed by atoms with E-state index < -0.39 is 0 Å². The number of para-hydroxylation sites is 2. The number of fused-ring (bicyclic) bond motifs is 3. The lowest BCUT2D eigenvalue weighted by Gasteiger charge is -2.36. The molecule has 0 aliphatic carbocycles. The maximum absolute atomic E-state index is 13.2. The SMILES string of the molecule is O=C1Cn2c(nc3ccccc32)C(c2ccccc2)N1CCc1ccccc1. The molecular formula is C24H21N3O. The summed E-state index contributed by atoms with van der Waals surface area (Å²) in [6, 6.07) is 28.4. The summed E-state index contributed by atoms with van der Waals surface area (Å²) < 4.78 is 2.08. The number of imidazole rings is 1. The molecule has 0 bridgehead atoms. The Balaban J connectivity index is 1.58. The van der Waals surface area contributed by atoms with Gasteiger partial charge in [-0.3, -0.25) is 4.79 Å². The van der Waals surface area contributed by atoms with E-state index in [0.29, 0.717) is 13.1 Å². The van der Waals surface area contributed by atoms with E-state index >= 15 is 0 Å². The Hall–Kier alpha value is -3.40. The van der Waals surface area contributed by atoms with Crippen LogP contribution in [-0.4, -0.2) is 26.9 Å². The van der Waals surface area contributed by atoms with Gasteiger partial charge in [-0.1, -0.05) is 72.8 Å². The molecule has 4 nitrogen and oxygen atoms in total. The van der Waals surface area contributed by atoms with Gasteiger partial charge >= 0.3 is 0 Å². The lowest BCUT2D eigenvalue weighted by atomic mass is 10.0. The van der Waals surface area contributed by atoms with Crippen LogP contribution < -0.4 is 0 Å². The van der Waals surface area contributed by atoms with E-state index in [1.807, 2.05) is 65.6 Å². The first-order chi connectivity index (χ1) is 13.8. The molecule has 0 saturated carbocycles. The highest BCUT2D eigenvalue weighted by atomic mass is 16.2. The lowest BCUT2D eigenvalue weighted by Crippen LogP contribution is -2.44. The fraction of sp³-hybridized carbons (Fsp3) is 0.167. The standard InChI is InChI=1S/C24H21N3O/c28-22-17-27-21-14-8-7-13-20(21)25-24(27)23(19-11-5-2-6-12-19)26(22)16-15-18-9-3-1-4-10-18/h1-14,23H,15-17H2. The van der Waals surface area contributed by atoms with Gasteiger partial charge in [-0.05, 0) is 29.7 Å². The van der Waals surface area contributed by atoms with Crippen LogP contribution in [0.2, 0.25) is 0 Å². The lowest BCUT2D eigenvalue weighted by molar-refractivity contribution is -0.135. The van der Waals surface area contributed by atoms with Crippen LogP contribution in [0.4, 0.5) is 0 Å². The summed E-state index contributed by atoms with van der Waals surface area (Å²) in [5, 5.41) is 0. The molecule has 1 amide bonds. The fourth-order valence-electron chi connectivity index (χ4n) is 4.09. The maximum Gasteiger partial charge on any atom is 0.243 e. The van der Waals surface area contributed by atoms with Gasteiger partial charge in [0.1, 0.15) is 18.4 Å². The first kappa shape index (κ1) is 16.8. The molecule has 138 valence electrons. The molecule has 2 heterocycles. The highest BCUT2D eigenvalue weighted by Gasteiger charge is 2.35. The first-order valence-electron chi connectivity index (χ1n) is 9.65. The van der Waals surface area contributed by atoms with E-state index in [0.717, 1.165) is 28.8 Å². The molecule has 0 radical (unpaired) electrons. The van der Waals surface area contributed by atoms with Gasteiger partial charge in [0.05, 0.1) is 11.0 Å². The van der Waals surface area contributed by atoms with Crippen LogP contribution >= 0.6 is 0 Å². The molecule has 1 unspecified atom stereocenters. The van der Waals surface area contributed by atoms with Gasteiger partial charge in [-0.2, -0.15) is 0 Å². The van der Waals surface area contributed by atoms with Crippen molar-refractivity contribution in [2.45, 2.75) is 19.0 Å². The number of carbonyl (C=O) groups excluding carboxylic acids is 1. The average Bonchev–Trinajstić information content (AvgIpc) is 3.11. The van der Waals surface area contributed by atoms with Gasteiger partial charge in [0.2, 0.25) is 5.91 Å². The molecule has 28 heavy (non-hydrogen) atoms. The predicted octanol–water partition coefficient (Wildman–Crippen LogP) is 4.21. The molecule has 4 aromatic rings. The summed E-state index contributed by atoms with van der Waals surface area (Å²) in [6.45, 7) is 1.01. The van der Waals surface area contributed by atoms with Crippen molar-refractivity contribution in [3.8, 4) is 0 Å². The van der Waals surface area contributed by atoms with Crippen molar-refractivity contribution < 1.29 is 4.79 Å². The second-order valence-corrected chi connectivity index (χ2v) is 7.18. The van der Waals surface area contributed by atoms with E-state index in [1.165, 1.54) is 5.56 Å². The van der Waals surface area contributed by atoms with Crippen LogP contribution in [0.15, 0.2) is 84.9 Å². The Morgan fingerprint density at radius 1 is 0.857 bits per heavy atom. The molecule has 1 atom stereocenters. The highest BCUT2D eigenvalue weighted by Crippen LogP contribution is 2.34. The quantitative estimate of drug-likeness (QED) is 0.542. The summed E-state index contributed by atoms with van der Waals surface area (Å²) in [6.07, 6.45) is 0.830.